The molecule has 0 bridgehead atoms. The number of ether oxygens (including phenoxy) is 1. The average Bonchev–Trinajstić information content (AvgIpc) is 3.45. The molecule has 0 aromatic carbocycles. The Bertz CT molecular complexity index is 1500. The number of carbonyl (C=O) groups is 2. The third kappa shape index (κ3) is 62.8. The lowest BCUT2D eigenvalue weighted by atomic mass is 10.0. The number of phosphoric acid groups is 1. The quantitative estimate of drug-likeness (QED) is 0.0212. The summed E-state index contributed by atoms with van der Waals surface area (Å²) in [5, 5.41) is 3.04. The van der Waals surface area contributed by atoms with Gasteiger partial charge in [0, 0.05) is 12.8 Å². The van der Waals surface area contributed by atoms with Gasteiger partial charge in [0.05, 0.1) is 33.8 Å². The monoisotopic (exact) mass is 1180 g/mol. The first-order valence-corrected chi connectivity index (χ1v) is 37.3. The van der Waals surface area contributed by atoms with E-state index in [2.05, 4.69) is 50.4 Å². The summed E-state index contributed by atoms with van der Waals surface area (Å²) in [7, 11) is 1.20. The molecule has 0 aliphatic carbocycles. The van der Waals surface area contributed by atoms with E-state index in [-0.39, 0.29) is 31.5 Å². The maximum absolute atomic E-state index is 13.6. The molecule has 1 amide bonds. The normalized spacial score (nSPS) is 13.7. The number of rotatable bonds is 66. The van der Waals surface area contributed by atoms with Crippen LogP contribution in [-0.2, 0) is 27.9 Å². The fraction of sp³-hybridized carbons (Fsp3) is 0.889. The second-order valence-electron chi connectivity index (χ2n) is 25.7. The molecule has 0 saturated carbocycles. The van der Waals surface area contributed by atoms with E-state index < -0.39 is 20.0 Å². The Morgan fingerprint density at radius 1 is 0.415 bits per heavy atom. The lowest BCUT2D eigenvalue weighted by Crippen LogP contribution is -2.47. The van der Waals surface area contributed by atoms with E-state index in [1.807, 2.05) is 33.3 Å². The SMILES string of the molecule is CCCCCCCC/C=C/CCCCCCCCCCCCCCCCCCCC(=O)OC(/C=C\CCCCCCCCCCCCC)C(COP(=O)([O-])OCC[N+](C)(C)C)NC(=O)CCCCCCC/C=C/CCCCCCCCC. The molecule has 1 N–H and O–H groups in total. The van der Waals surface area contributed by atoms with Gasteiger partial charge in [-0.25, -0.2) is 0 Å². The molecule has 0 rings (SSSR count). The van der Waals surface area contributed by atoms with Crippen molar-refractivity contribution in [2.24, 2.45) is 0 Å². The first kappa shape index (κ1) is 80.2. The highest BCUT2D eigenvalue weighted by atomic mass is 31.2. The highest BCUT2D eigenvalue weighted by Crippen LogP contribution is 2.38. The lowest BCUT2D eigenvalue weighted by molar-refractivity contribution is -0.870. The summed E-state index contributed by atoms with van der Waals surface area (Å²) in [5.74, 6) is -0.532. The van der Waals surface area contributed by atoms with Crippen molar-refractivity contribution in [1.82, 2.24) is 5.32 Å². The molecular weight excluding hydrogens is 1040 g/mol. The molecule has 0 aliphatic rings. The van der Waals surface area contributed by atoms with Gasteiger partial charge in [-0.15, -0.1) is 0 Å². The molecule has 0 saturated heterocycles. The Morgan fingerprint density at radius 2 is 0.707 bits per heavy atom. The van der Waals surface area contributed by atoms with Crippen molar-refractivity contribution < 1.29 is 37.3 Å². The Morgan fingerprint density at radius 3 is 1.04 bits per heavy atom. The van der Waals surface area contributed by atoms with Crippen LogP contribution in [0.15, 0.2) is 36.5 Å². The van der Waals surface area contributed by atoms with Crippen molar-refractivity contribution in [3.05, 3.63) is 36.5 Å². The smallest absolute Gasteiger partial charge is 0.306 e. The molecule has 0 spiro atoms. The minimum atomic E-state index is -4.70. The molecule has 3 unspecified atom stereocenters. The number of amides is 1. The molecule has 9 nitrogen and oxygen atoms in total. The largest absolute Gasteiger partial charge is 0.756 e. The van der Waals surface area contributed by atoms with Crippen molar-refractivity contribution >= 4 is 19.7 Å². The Labute approximate surface area is 510 Å². The van der Waals surface area contributed by atoms with Gasteiger partial charge in [-0.3, -0.25) is 14.2 Å². The lowest BCUT2D eigenvalue weighted by Gasteiger charge is -2.30. The van der Waals surface area contributed by atoms with Gasteiger partial charge in [0.1, 0.15) is 19.3 Å². The minimum absolute atomic E-state index is 0.0212. The minimum Gasteiger partial charge on any atom is -0.756 e. The topological polar surface area (TPSA) is 114 Å². The summed E-state index contributed by atoms with van der Waals surface area (Å²) >= 11 is 0. The van der Waals surface area contributed by atoms with Crippen LogP contribution in [0.5, 0.6) is 0 Å². The first-order chi connectivity index (χ1) is 39.9. The van der Waals surface area contributed by atoms with Crippen molar-refractivity contribution in [3.8, 4) is 0 Å². The van der Waals surface area contributed by atoms with Crippen LogP contribution in [-0.4, -0.2) is 69.4 Å². The number of unbranched alkanes of at least 4 members (excludes halogenated alkanes) is 46. The van der Waals surface area contributed by atoms with Crippen LogP contribution < -0.4 is 10.2 Å². The van der Waals surface area contributed by atoms with E-state index in [1.54, 1.807) is 0 Å². The summed E-state index contributed by atoms with van der Waals surface area (Å²) in [5.41, 5.74) is 0. The summed E-state index contributed by atoms with van der Waals surface area (Å²) < 4.78 is 30.4. The van der Waals surface area contributed by atoms with Crippen LogP contribution in [0, 0.1) is 0 Å². The van der Waals surface area contributed by atoms with E-state index in [0.29, 0.717) is 17.4 Å². The van der Waals surface area contributed by atoms with Crippen LogP contribution in [0.1, 0.15) is 361 Å². The number of allylic oxidation sites excluding steroid dienone is 5. The van der Waals surface area contributed by atoms with Gasteiger partial charge >= 0.3 is 5.97 Å². The molecule has 3 atom stereocenters. The number of hydrogen-bond acceptors (Lipinski definition) is 7. The summed E-state index contributed by atoms with van der Waals surface area (Å²) in [6.45, 7) is 6.89. The van der Waals surface area contributed by atoms with Gasteiger partial charge in [-0.05, 0) is 83.1 Å². The fourth-order valence-corrected chi connectivity index (χ4v) is 11.5. The van der Waals surface area contributed by atoms with Gasteiger partial charge in [-0.2, -0.15) is 0 Å². The second-order valence-corrected chi connectivity index (χ2v) is 27.1. The van der Waals surface area contributed by atoms with Crippen molar-refractivity contribution in [3.63, 3.8) is 0 Å². The molecule has 0 radical (unpaired) electrons. The third-order valence-corrected chi connectivity index (χ3v) is 17.3. The molecular formula is C72H139N2O7P. The van der Waals surface area contributed by atoms with Gasteiger partial charge in [0.2, 0.25) is 5.91 Å². The number of carbonyl (C=O) groups excluding carboxylic acids is 2. The highest BCUT2D eigenvalue weighted by Gasteiger charge is 2.27. The van der Waals surface area contributed by atoms with Crippen LogP contribution >= 0.6 is 7.82 Å². The number of quaternary nitrogens is 1. The molecule has 10 heteroatoms. The summed E-state index contributed by atoms with van der Waals surface area (Å²) in [6, 6.07) is -0.890. The van der Waals surface area contributed by atoms with E-state index in [1.165, 1.54) is 250 Å². The zero-order valence-corrected chi connectivity index (χ0v) is 56.4. The zero-order valence-electron chi connectivity index (χ0n) is 55.5. The van der Waals surface area contributed by atoms with Gasteiger partial charge in [0.25, 0.3) is 7.82 Å². The summed E-state index contributed by atoms with van der Waals surface area (Å²) in [4.78, 5) is 40.1. The van der Waals surface area contributed by atoms with E-state index in [0.717, 1.165) is 77.0 Å². The predicted octanol–water partition coefficient (Wildman–Crippen LogP) is 22.0. The average molecular weight is 1180 g/mol. The number of hydrogen-bond donors (Lipinski definition) is 1. The van der Waals surface area contributed by atoms with E-state index >= 15 is 0 Å². The van der Waals surface area contributed by atoms with Gasteiger partial charge in [0.15, 0.2) is 0 Å². The maximum Gasteiger partial charge on any atom is 0.306 e. The van der Waals surface area contributed by atoms with Gasteiger partial charge < -0.3 is 28.5 Å². The van der Waals surface area contributed by atoms with Crippen LogP contribution in [0.4, 0.5) is 0 Å². The molecule has 0 heterocycles. The number of phosphoric ester groups is 1. The molecule has 0 aromatic heterocycles. The molecule has 0 aliphatic heterocycles. The molecule has 82 heavy (non-hydrogen) atoms. The number of likely N-dealkylation sites (N-methyl/N-ethyl adjacent to an activating group) is 1. The van der Waals surface area contributed by atoms with Crippen LogP contribution in [0.25, 0.3) is 0 Å². The molecule has 0 aromatic rings. The Kier molecular flexibility index (Phi) is 60.9. The Hall–Kier alpha value is -1.77. The summed E-state index contributed by atoms with van der Waals surface area (Å²) in [6.07, 6.45) is 77.0. The number of esters is 1. The Balaban J connectivity index is 5.01. The van der Waals surface area contributed by atoms with E-state index in [4.69, 9.17) is 13.8 Å². The number of nitrogens with zero attached hydrogens (tertiary/aromatic N) is 1. The second kappa shape index (κ2) is 62.3. The maximum atomic E-state index is 13.6. The zero-order chi connectivity index (χ0) is 60.0. The van der Waals surface area contributed by atoms with Crippen molar-refractivity contribution in [2.45, 2.75) is 373 Å². The van der Waals surface area contributed by atoms with Crippen LogP contribution in [0.2, 0.25) is 0 Å². The van der Waals surface area contributed by atoms with Crippen molar-refractivity contribution in [2.75, 3.05) is 40.9 Å². The predicted molar refractivity (Wildman–Crippen MR) is 353 cm³/mol. The fourth-order valence-electron chi connectivity index (χ4n) is 10.8. The first-order valence-electron chi connectivity index (χ1n) is 35.8. The van der Waals surface area contributed by atoms with E-state index in [9.17, 15) is 19.0 Å². The van der Waals surface area contributed by atoms with Gasteiger partial charge in [-0.1, -0.05) is 302 Å². The molecule has 0 fully saturated rings. The third-order valence-electron chi connectivity index (χ3n) is 16.3. The van der Waals surface area contributed by atoms with Crippen molar-refractivity contribution in [1.29, 1.82) is 0 Å². The molecule has 484 valence electrons. The standard InChI is InChI=1S/C72H139N2O7P/c1-7-10-13-16-19-22-25-28-30-32-33-34-35-36-37-38-39-40-41-42-44-47-50-53-56-59-62-65-72(76)81-70(63-60-57-54-51-48-45-27-24-21-18-15-12-9-3)69(68-80-82(77,78)79-67-66-74(4,5)6)73-71(75)64-61-58-55-52-49-46-43-31-29-26-23-20-17-14-11-8-2/h28,30-31,43,60,63,69-70H,7-27,29,32-42,44-59,61-62,64-68H2,1-6H3,(H-,73,75,77,78)/b30-28+,43-31+,63-60-. The highest BCUT2D eigenvalue weighted by molar-refractivity contribution is 7.45. The van der Waals surface area contributed by atoms with Crippen LogP contribution in [0.3, 0.4) is 0 Å². The number of nitrogens with one attached hydrogen (secondary N) is 1.